The molecule has 6 rings (SSSR count). The van der Waals surface area contributed by atoms with Crippen molar-refractivity contribution in [3.63, 3.8) is 0 Å². The molecule has 2 aromatic carbocycles. The van der Waals surface area contributed by atoms with E-state index in [4.69, 9.17) is 4.74 Å². The van der Waals surface area contributed by atoms with Crippen LogP contribution in [-0.4, -0.2) is 55.9 Å². The topological polar surface area (TPSA) is 70.2 Å². The van der Waals surface area contributed by atoms with E-state index < -0.39 is 0 Å². The lowest BCUT2D eigenvalue weighted by Gasteiger charge is -2.36. The molecule has 4 atom stereocenters. The highest BCUT2D eigenvalue weighted by Gasteiger charge is 2.59. The van der Waals surface area contributed by atoms with E-state index in [1.165, 1.54) is 4.90 Å². The Morgan fingerprint density at radius 1 is 0.882 bits per heavy atom. The van der Waals surface area contributed by atoms with Gasteiger partial charge < -0.3 is 14.5 Å². The van der Waals surface area contributed by atoms with E-state index in [1.807, 2.05) is 29.2 Å². The lowest BCUT2D eigenvalue weighted by Crippen LogP contribution is -2.48. The van der Waals surface area contributed by atoms with Gasteiger partial charge >= 0.3 is 0 Å². The summed E-state index contributed by atoms with van der Waals surface area (Å²) < 4.78 is 5.48. The molecule has 174 valence electrons. The Morgan fingerprint density at radius 2 is 1.56 bits per heavy atom. The summed E-state index contributed by atoms with van der Waals surface area (Å²) in [5.41, 5.74) is 2.03. The lowest BCUT2D eigenvalue weighted by molar-refractivity contribution is -0.123. The van der Waals surface area contributed by atoms with Crippen molar-refractivity contribution in [1.29, 1.82) is 0 Å². The zero-order valence-corrected chi connectivity index (χ0v) is 19.1. The highest BCUT2D eigenvalue weighted by Crippen LogP contribution is 2.53. The van der Waals surface area contributed by atoms with Gasteiger partial charge in [-0.3, -0.25) is 14.4 Å². The minimum Gasteiger partial charge on any atom is -0.495 e. The second-order valence-electron chi connectivity index (χ2n) is 9.51. The molecule has 2 aliphatic heterocycles. The molecule has 0 aromatic heterocycles. The first-order valence-electron chi connectivity index (χ1n) is 11.9. The Bertz CT molecular complexity index is 1170. The van der Waals surface area contributed by atoms with E-state index in [1.54, 1.807) is 31.4 Å². The van der Waals surface area contributed by atoms with E-state index in [2.05, 4.69) is 17.1 Å². The maximum atomic E-state index is 13.3. The molecule has 3 amide bonds. The molecule has 0 N–H and O–H groups in total. The molecule has 0 unspecified atom stereocenters. The van der Waals surface area contributed by atoms with Crippen LogP contribution < -0.4 is 14.5 Å². The number of amides is 3. The van der Waals surface area contributed by atoms with Crippen molar-refractivity contribution in [3.05, 3.63) is 66.2 Å². The minimum atomic E-state index is -0.245. The van der Waals surface area contributed by atoms with Crippen molar-refractivity contribution in [2.45, 2.75) is 6.42 Å². The predicted octanol–water partition coefficient (Wildman–Crippen LogP) is 2.97. The van der Waals surface area contributed by atoms with Gasteiger partial charge in [-0.05, 0) is 48.6 Å². The number of rotatable bonds is 4. The number of carbonyl (C=O) groups is 3. The molecule has 2 aromatic rings. The molecule has 1 saturated carbocycles. The van der Waals surface area contributed by atoms with Gasteiger partial charge in [0.05, 0.1) is 30.3 Å². The van der Waals surface area contributed by atoms with Crippen LogP contribution in [0.25, 0.3) is 0 Å². The van der Waals surface area contributed by atoms with E-state index in [0.717, 1.165) is 17.9 Å². The third kappa shape index (κ3) is 3.14. The second-order valence-corrected chi connectivity index (χ2v) is 9.51. The lowest BCUT2D eigenvalue weighted by atomic mass is 9.85. The first kappa shape index (κ1) is 21.0. The van der Waals surface area contributed by atoms with E-state index in [0.29, 0.717) is 37.4 Å². The molecule has 34 heavy (non-hydrogen) atoms. The average Bonchev–Trinajstić information content (AvgIpc) is 3.57. The number of imide groups is 1. The van der Waals surface area contributed by atoms with Crippen molar-refractivity contribution in [2.75, 3.05) is 43.1 Å². The fourth-order valence-corrected chi connectivity index (χ4v) is 6.16. The number of allylic oxidation sites excluding steroid dienone is 2. The molecule has 2 aliphatic carbocycles. The second kappa shape index (κ2) is 8.01. The quantitative estimate of drug-likeness (QED) is 0.522. The van der Waals surface area contributed by atoms with Crippen LogP contribution in [0.2, 0.25) is 0 Å². The number of piperazine rings is 1. The van der Waals surface area contributed by atoms with Crippen LogP contribution in [0.5, 0.6) is 5.75 Å². The Morgan fingerprint density at radius 3 is 2.24 bits per heavy atom. The number of methoxy groups -OCH3 is 1. The van der Waals surface area contributed by atoms with Crippen LogP contribution in [-0.2, 0) is 9.59 Å². The van der Waals surface area contributed by atoms with Gasteiger partial charge in [0.2, 0.25) is 11.8 Å². The van der Waals surface area contributed by atoms with Gasteiger partial charge in [0, 0.05) is 31.7 Å². The Kier molecular flexibility index (Phi) is 4.94. The standard InChI is InChI=1S/C27H27N3O4/c1-34-22-8-3-2-7-21(22)28-11-13-29(14-12-28)25(31)19-5-4-6-20(16-19)30-26(32)23-17-9-10-18(15-17)24(23)27(30)33/h2-10,16-18,23-24H,11-15H2,1H3/t17-,18-,23-,24+/m0/s1. The molecule has 2 saturated heterocycles. The Labute approximate surface area is 198 Å². The normalized spacial score (nSPS) is 27.5. The first-order valence-corrected chi connectivity index (χ1v) is 11.9. The van der Waals surface area contributed by atoms with E-state index in [9.17, 15) is 14.4 Å². The fraction of sp³-hybridized carbons (Fsp3) is 0.370. The molecule has 7 heteroatoms. The van der Waals surface area contributed by atoms with Gasteiger partial charge in [-0.2, -0.15) is 0 Å². The van der Waals surface area contributed by atoms with Crippen molar-refractivity contribution in [3.8, 4) is 5.75 Å². The molecule has 0 spiro atoms. The number of hydrogen-bond donors (Lipinski definition) is 0. The number of hydrogen-bond acceptors (Lipinski definition) is 5. The first-order chi connectivity index (χ1) is 16.6. The molecule has 2 heterocycles. The maximum Gasteiger partial charge on any atom is 0.254 e. The summed E-state index contributed by atoms with van der Waals surface area (Å²) in [5.74, 6) is 0.339. The summed E-state index contributed by atoms with van der Waals surface area (Å²) >= 11 is 0. The molecule has 2 bridgehead atoms. The Balaban J connectivity index is 1.17. The highest BCUT2D eigenvalue weighted by molar-refractivity contribution is 6.23. The third-order valence-corrected chi connectivity index (χ3v) is 7.81. The van der Waals surface area contributed by atoms with Gasteiger partial charge in [0.1, 0.15) is 5.75 Å². The monoisotopic (exact) mass is 457 g/mol. The number of para-hydroxylation sites is 2. The highest BCUT2D eigenvalue weighted by atomic mass is 16.5. The molecular weight excluding hydrogens is 430 g/mol. The summed E-state index contributed by atoms with van der Waals surface area (Å²) in [6, 6.07) is 14.9. The number of carbonyl (C=O) groups excluding carboxylic acids is 3. The average molecular weight is 458 g/mol. The maximum absolute atomic E-state index is 13.3. The van der Waals surface area contributed by atoms with Gasteiger partial charge in [-0.15, -0.1) is 0 Å². The summed E-state index contributed by atoms with van der Waals surface area (Å²) in [5, 5.41) is 0. The minimum absolute atomic E-state index is 0.0810. The van der Waals surface area contributed by atoms with Crippen LogP contribution in [0.1, 0.15) is 16.8 Å². The predicted molar refractivity (Wildman–Crippen MR) is 128 cm³/mol. The summed E-state index contributed by atoms with van der Waals surface area (Å²) in [4.78, 5) is 45.0. The number of anilines is 2. The van der Waals surface area contributed by atoms with Crippen LogP contribution in [0.4, 0.5) is 11.4 Å². The molecule has 3 fully saturated rings. The van der Waals surface area contributed by atoms with E-state index in [-0.39, 0.29) is 41.4 Å². The molecule has 0 radical (unpaired) electrons. The van der Waals surface area contributed by atoms with Crippen molar-refractivity contribution >= 4 is 29.1 Å². The summed E-state index contributed by atoms with van der Waals surface area (Å²) in [6.07, 6.45) is 5.08. The number of nitrogens with zero attached hydrogens (tertiary/aromatic N) is 3. The zero-order chi connectivity index (χ0) is 23.4. The fourth-order valence-electron chi connectivity index (χ4n) is 6.16. The smallest absolute Gasteiger partial charge is 0.254 e. The van der Waals surface area contributed by atoms with Gasteiger partial charge in [-0.1, -0.05) is 30.4 Å². The number of benzene rings is 2. The van der Waals surface area contributed by atoms with Crippen LogP contribution >= 0.6 is 0 Å². The summed E-state index contributed by atoms with van der Waals surface area (Å²) in [6.45, 7) is 2.58. The van der Waals surface area contributed by atoms with Crippen molar-refractivity contribution in [1.82, 2.24) is 4.90 Å². The largest absolute Gasteiger partial charge is 0.495 e. The van der Waals surface area contributed by atoms with E-state index >= 15 is 0 Å². The van der Waals surface area contributed by atoms with Gasteiger partial charge in [0.25, 0.3) is 5.91 Å². The van der Waals surface area contributed by atoms with Crippen molar-refractivity contribution < 1.29 is 19.1 Å². The van der Waals surface area contributed by atoms with Crippen molar-refractivity contribution in [2.24, 2.45) is 23.7 Å². The molecular formula is C27H27N3O4. The molecule has 7 nitrogen and oxygen atoms in total. The van der Waals surface area contributed by atoms with Crippen LogP contribution in [0.15, 0.2) is 60.7 Å². The Hall–Kier alpha value is -3.61. The van der Waals surface area contributed by atoms with Gasteiger partial charge in [0.15, 0.2) is 0 Å². The molecule has 4 aliphatic rings. The number of fused-ring (bicyclic) bond motifs is 5. The van der Waals surface area contributed by atoms with Crippen LogP contribution in [0, 0.1) is 23.7 Å². The van der Waals surface area contributed by atoms with Gasteiger partial charge in [-0.25, -0.2) is 4.90 Å². The summed E-state index contributed by atoms with van der Waals surface area (Å²) in [7, 11) is 1.66. The SMILES string of the molecule is COc1ccccc1N1CCN(C(=O)c2cccc(N3C(=O)[C@@H]4[C@H](C3=O)[C@H]3C=C[C@H]4C3)c2)CC1. The third-order valence-electron chi connectivity index (χ3n) is 7.81. The number of ether oxygens (including phenoxy) is 1. The zero-order valence-electron chi connectivity index (χ0n) is 19.1. The van der Waals surface area contributed by atoms with Crippen LogP contribution in [0.3, 0.4) is 0 Å².